The van der Waals surface area contributed by atoms with E-state index in [9.17, 15) is 4.79 Å². The fourth-order valence-corrected chi connectivity index (χ4v) is 1.44. The number of esters is 1. The summed E-state index contributed by atoms with van der Waals surface area (Å²) in [5.74, 6) is -0.122. The number of hydrogen-bond acceptors (Lipinski definition) is 2. The normalized spacial score (nSPS) is 11.2. The van der Waals surface area contributed by atoms with Crippen molar-refractivity contribution in [1.29, 1.82) is 0 Å². The van der Waals surface area contributed by atoms with Crippen LogP contribution >= 0.6 is 0 Å². The van der Waals surface area contributed by atoms with Gasteiger partial charge in [-0.2, -0.15) is 0 Å². The van der Waals surface area contributed by atoms with E-state index in [1.54, 1.807) is 0 Å². The van der Waals surface area contributed by atoms with Crippen molar-refractivity contribution in [3.63, 3.8) is 0 Å². The van der Waals surface area contributed by atoms with E-state index in [2.05, 4.69) is 6.08 Å². The van der Waals surface area contributed by atoms with Gasteiger partial charge in [-0.05, 0) is 25.8 Å². The van der Waals surface area contributed by atoms with Crippen LogP contribution in [-0.2, 0) is 9.53 Å². The molecule has 2 heteroatoms. The van der Waals surface area contributed by atoms with Crippen LogP contribution in [0.5, 0.6) is 0 Å². The number of carbonyl (C=O) groups is 1. The van der Waals surface area contributed by atoms with Crippen LogP contribution in [0.1, 0.15) is 32.3 Å². The lowest BCUT2D eigenvalue weighted by Gasteiger charge is -2.02. The second-order valence-electron chi connectivity index (χ2n) is 3.71. The lowest BCUT2D eigenvalue weighted by molar-refractivity contribution is -0.143. The largest absolute Gasteiger partial charge is 0.466 e. The van der Waals surface area contributed by atoms with Crippen LogP contribution in [0.25, 0.3) is 6.08 Å². The molecule has 0 fully saturated rings. The zero-order valence-electron chi connectivity index (χ0n) is 9.90. The van der Waals surface area contributed by atoms with Crippen molar-refractivity contribution < 1.29 is 9.53 Å². The summed E-state index contributed by atoms with van der Waals surface area (Å²) in [4.78, 5) is 11.2. The summed E-state index contributed by atoms with van der Waals surface area (Å²) in [7, 11) is 0. The molecule has 0 saturated heterocycles. The molecule has 0 aliphatic rings. The van der Waals surface area contributed by atoms with E-state index >= 15 is 0 Å². The number of rotatable bonds is 5. The number of carbonyl (C=O) groups excluding carboxylic acids is 1. The number of hydrogen-bond donors (Lipinski definition) is 0. The molecule has 0 radical (unpaired) electrons. The fourth-order valence-electron chi connectivity index (χ4n) is 1.44. The maximum atomic E-state index is 11.2. The molecule has 0 aliphatic carbocycles. The van der Waals surface area contributed by atoms with E-state index in [1.165, 1.54) is 11.1 Å². The zero-order valence-corrected chi connectivity index (χ0v) is 9.90. The van der Waals surface area contributed by atoms with Crippen molar-refractivity contribution in [2.45, 2.75) is 26.7 Å². The molecule has 16 heavy (non-hydrogen) atoms. The van der Waals surface area contributed by atoms with Crippen LogP contribution in [0, 0.1) is 0 Å². The lowest BCUT2D eigenvalue weighted by atomic mass is 10.1. The second-order valence-corrected chi connectivity index (χ2v) is 3.71. The first kappa shape index (κ1) is 12.5. The molecular weight excluding hydrogens is 200 g/mol. The van der Waals surface area contributed by atoms with Gasteiger partial charge < -0.3 is 4.74 Å². The van der Waals surface area contributed by atoms with Gasteiger partial charge >= 0.3 is 5.97 Å². The molecule has 1 rings (SSSR count). The van der Waals surface area contributed by atoms with E-state index < -0.39 is 0 Å². The minimum Gasteiger partial charge on any atom is -0.466 e. The number of benzene rings is 1. The maximum Gasteiger partial charge on any atom is 0.306 e. The van der Waals surface area contributed by atoms with E-state index in [0.29, 0.717) is 13.0 Å². The number of allylic oxidation sites excluding steroid dienone is 1. The summed E-state index contributed by atoms with van der Waals surface area (Å²) in [5, 5.41) is 0. The van der Waals surface area contributed by atoms with E-state index in [1.807, 2.05) is 44.2 Å². The molecule has 86 valence electrons. The summed E-state index contributed by atoms with van der Waals surface area (Å²) >= 11 is 0. The van der Waals surface area contributed by atoms with Crippen molar-refractivity contribution in [3.05, 3.63) is 41.5 Å². The van der Waals surface area contributed by atoms with Gasteiger partial charge in [0, 0.05) is 6.42 Å². The quantitative estimate of drug-likeness (QED) is 0.708. The van der Waals surface area contributed by atoms with Crippen molar-refractivity contribution >= 4 is 12.0 Å². The van der Waals surface area contributed by atoms with Crippen LogP contribution in [-0.4, -0.2) is 12.6 Å². The van der Waals surface area contributed by atoms with Gasteiger partial charge in [0.2, 0.25) is 0 Å². The van der Waals surface area contributed by atoms with Crippen molar-refractivity contribution in [2.75, 3.05) is 6.61 Å². The molecule has 0 bridgehead atoms. The molecule has 0 aromatic heterocycles. The number of ether oxygens (including phenoxy) is 1. The molecule has 0 saturated carbocycles. The van der Waals surface area contributed by atoms with Crippen molar-refractivity contribution in [1.82, 2.24) is 0 Å². The third-order valence-electron chi connectivity index (χ3n) is 2.24. The summed E-state index contributed by atoms with van der Waals surface area (Å²) in [6.07, 6.45) is 3.32. The van der Waals surface area contributed by atoms with E-state index in [0.717, 1.165) is 6.42 Å². The third kappa shape index (κ3) is 4.78. The molecule has 0 unspecified atom stereocenters. The lowest BCUT2D eigenvalue weighted by Crippen LogP contribution is -2.03. The van der Waals surface area contributed by atoms with Gasteiger partial charge in [0.25, 0.3) is 0 Å². The molecule has 0 N–H and O–H groups in total. The Morgan fingerprint density at radius 3 is 2.56 bits per heavy atom. The molecule has 1 aromatic carbocycles. The smallest absolute Gasteiger partial charge is 0.306 e. The Bertz CT molecular complexity index is 352. The van der Waals surface area contributed by atoms with Crippen LogP contribution in [0.4, 0.5) is 0 Å². The van der Waals surface area contributed by atoms with Crippen LogP contribution in [0.2, 0.25) is 0 Å². The third-order valence-corrected chi connectivity index (χ3v) is 2.24. The Balaban J connectivity index is 2.43. The molecule has 0 spiro atoms. The van der Waals surface area contributed by atoms with Crippen LogP contribution < -0.4 is 0 Å². The van der Waals surface area contributed by atoms with Crippen LogP contribution in [0.3, 0.4) is 0 Å². The SMILES string of the molecule is CCOC(=O)CC/C(C)=C/c1ccccc1. The highest BCUT2D eigenvalue weighted by Crippen LogP contribution is 2.11. The van der Waals surface area contributed by atoms with E-state index in [4.69, 9.17) is 4.74 Å². The molecule has 2 nitrogen and oxygen atoms in total. The Morgan fingerprint density at radius 2 is 1.94 bits per heavy atom. The molecular formula is C14H18O2. The molecule has 0 atom stereocenters. The summed E-state index contributed by atoms with van der Waals surface area (Å²) in [5.41, 5.74) is 2.36. The Morgan fingerprint density at radius 1 is 1.25 bits per heavy atom. The minimum atomic E-state index is -0.122. The summed E-state index contributed by atoms with van der Waals surface area (Å²) in [6.45, 7) is 4.32. The standard InChI is InChI=1S/C14H18O2/c1-3-16-14(15)10-9-12(2)11-13-7-5-4-6-8-13/h4-8,11H,3,9-10H2,1-2H3/b12-11+. The Hall–Kier alpha value is -1.57. The monoisotopic (exact) mass is 218 g/mol. The van der Waals surface area contributed by atoms with Gasteiger partial charge in [-0.1, -0.05) is 42.0 Å². The van der Waals surface area contributed by atoms with Gasteiger partial charge in [0.15, 0.2) is 0 Å². The average Bonchev–Trinajstić information content (AvgIpc) is 2.28. The van der Waals surface area contributed by atoms with E-state index in [-0.39, 0.29) is 5.97 Å². The Labute approximate surface area is 96.9 Å². The van der Waals surface area contributed by atoms with Crippen LogP contribution in [0.15, 0.2) is 35.9 Å². The first-order valence-electron chi connectivity index (χ1n) is 5.60. The first-order valence-corrected chi connectivity index (χ1v) is 5.60. The topological polar surface area (TPSA) is 26.3 Å². The highest BCUT2D eigenvalue weighted by molar-refractivity contribution is 5.70. The zero-order chi connectivity index (χ0) is 11.8. The van der Waals surface area contributed by atoms with Gasteiger partial charge in [0.05, 0.1) is 6.61 Å². The highest BCUT2D eigenvalue weighted by Gasteiger charge is 2.01. The van der Waals surface area contributed by atoms with Gasteiger partial charge in [-0.3, -0.25) is 4.79 Å². The minimum absolute atomic E-state index is 0.122. The molecule has 1 aromatic rings. The molecule has 0 aliphatic heterocycles. The summed E-state index contributed by atoms with van der Waals surface area (Å²) in [6, 6.07) is 10.1. The predicted octanol–water partition coefficient (Wildman–Crippen LogP) is 3.43. The first-order chi connectivity index (χ1) is 7.72. The summed E-state index contributed by atoms with van der Waals surface area (Å²) < 4.78 is 4.88. The van der Waals surface area contributed by atoms with Crippen molar-refractivity contribution in [2.24, 2.45) is 0 Å². The van der Waals surface area contributed by atoms with Gasteiger partial charge in [-0.25, -0.2) is 0 Å². The molecule has 0 heterocycles. The second kappa shape index (κ2) is 6.83. The van der Waals surface area contributed by atoms with Gasteiger partial charge in [-0.15, -0.1) is 0 Å². The van der Waals surface area contributed by atoms with Gasteiger partial charge in [0.1, 0.15) is 0 Å². The Kier molecular flexibility index (Phi) is 5.34. The fraction of sp³-hybridized carbons (Fsp3) is 0.357. The maximum absolute atomic E-state index is 11.2. The molecule has 0 amide bonds. The average molecular weight is 218 g/mol. The van der Waals surface area contributed by atoms with Crippen molar-refractivity contribution in [3.8, 4) is 0 Å². The highest BCUT2D eigenvalue weighted by atomic mass is 16.5. The predicted molar refractivity (Wildman–Crippen MR) is 66.0 cm³/mol.